The summed E-state index contributed by atoms with van der Waals surface area (Å²) in [5.41, 5.74) is 7.32. The Balaban J connectivity index is 0.00000903. The van der Waals surface area contributed by atoms with E-state index in [0.29, 0.717) is 67.3 Å². The van der Waals surface area contributed by atoms with Gasteiger partial charge in [-0.25, -0.2) is 4.57 Å². The quantitative estimate of drug-likeness (QED) is 0.0255. The Morgan fingerprint density at radius 2 is 1.68 bits per heavy atom. The highest BCUT2D eigenvalue weighted by Gasteiger charge is 2.76. The fourth-order valence-corrected chi connectivity index (χ4v) is 15.2. The first-order valence-corrected chi connectivity index (χ1v) is 30.9. The number of phosphoric acid groups is 1. The Labute approximate surface area is 475 Å². The number of nitrogens with zero attached hydrogens (tertiary/aromatic N) is 1. The van der Waals surface area contributed by atoms with E-state index in [2.05, 4.69) is 43.4 Å². The van der Waals surface area contributed by atoms with E-state index in [-0.39, 0.29) is 53.4 Å². The van der Waals surface area contributed by atoms with Crippen molar-refractivity contribution in [3.05, 3.63) is 89.0 Å². The number of carbonyl (C=O) groups excluding carboxylic acids is 3. The van der Waals surface area contributed by atoms with Gasteiger partial charge in [-0.05, 0) is 144 Å². The summed E-state index contributed by atoms with van der Waals surface area (Å²) < 4.78 is 43.0. The van der Waals surface area contributed by atoms with E-state index in [9.17, 15) is 38.9 Å². The van der Waals surface area contributed by atoms with Crippen LogP contribution in [0.15, 0.2) is 72.3 Å². The van der Waals surface area contributed by atoms with Crippen LogP contribution in [0, 0.1) is 34.5 Å². The van der Waals surface area contributed by atoms with Gasteiger partial charge < -0.3 is 61.6 Å². The van der Waals surface area contributed by atoms with Gasteiger partial charge in [0.2, 0.25) is 5.78 Å². The highest BCUT2D eigenvalue weighted by Crippen LogP contribution is 2.70. The number of Topliss-reactive ketones (excluding diaryl/α,β-unsaturated/α-hetero) is 1. The number of nitrogens with two attached hydrogens (primary N) is 1. The number of esters is 1. The molecule has 2 aromatic carbocycles. The third kappa shape index (κ3) is 15.3. The number of hydrogen-bond acceptors (Lipinski definition) is 13. The maximum Gasteiger partial charge on any atom is 0.524 e. The zero-order chi connectivity index (χ0) is 55.7. The molecule has 1 saturated heterocycles. The lowest BCUT2D eigenvalue weighted by Crippen LogP contribution is -3.00. The molecule has 2 aromatic rings. The molecule has 440 valence electrons. The summed E-state index contributed by atoms with van der Waals surface area (Å²) in [6.45, 7) is 7.25. The number of rotatable bonds is 29. The minimum atomic E-state index is -4.88. The van der Waals surface area contributed by atoms with E-state index in [1.54, 1.807) is 24.3 Å². The van der Waals surface area contributed by atoms with Crippen LogP contribution in [0.3, 0.4) is 0 Å². The second kappa shape index (κ2) is 27.8. The van der Waals surface area contributed by atoms with Crippen molar-refractivity contribution in [2.45, 2.75) is 179 Å². The second-order valence-corrected chi connectivity index (χ2v) is 25.9. The average Bonchev–Trinajstić information content (AvgIpc) is 2.37. The SMILES string of the molecule is C[C@]12C=CC(=O)C=C1CCC1C2[C@@H](O)C[C@@]2(C)C1C[C@H]1O[C@@H](C3CCCCC3)O[C@]12C(=O)COC(=O)[C@@H](N)CCCC[N+](C)(C)Cc1cc(C(O)CNCCCCCCOCCCCc2ccccc2)ccc1OP(=O)(O)O.[Cl-]. The molecule has 6 aliphatic rings. The van der Waals surface area contributed by atoms with Crippen molar-refractivity contribution in [3.63, 3.8) is 0 Å². The van der Waals surface area contributed by atoms with Crippen molar-refractivity contribution < 1.29 is 79.3 Å². The Morgan fingerprint density at radius 1 is 0.949 bits per heavy atom. The van der Waals surface area contributed by atoms with Gasteiger partial charge in [0.05, 0.1) is 39.0 Å². The number of aliphatic hydroxyl groups excluding tert-OH is 2. The lowest BCUT2D eigenvalue weighted by Gasteiger charge is -2.59. The molecule has 7 N–H and O–H groups in total. The standard InChI is InChI=1S/C61H90N3O13P.ClH/c1-59-30-29-47(65)36-46(59)26-27-48-49-37-55-61(60(49,2)38-51(66)56(48)59,76-58(75-55)43-22-11-8-12-23-43)54(68)41-74-57(69)50(62)24-13-16-32-64(3,4)40-45-35-44(25-28-53(45)77-78(70,71)72)52(67)39-63-31-15-5-6-17-33-73-34-18-14-21-42-19-9-7-10-20-42;/h7,9-10,19-20,25,28-30,35-36,43,48-52,55-56,58,63,66-67H,5-6,8,11-18,21-24,26-27,31-34,37-41,62H2,1-4H3,(H-,70,71,72);1H/t48?,49?,50-,51-,52?,55+,56?,58+,59-,60-,61+;/m0./s1. The van der Waals surface area contributed by atoms with Crippen LogP contribution in [0.2, 0.25) is 0 Å². The molecule has 79 heavy (non-hydrogen) atoms. The largest absolute Gasteiger partial charge is 1.00 e. The van der Waals surface area contributed by atoms with Crippen molar-refractivity contribution in [2.75, 3.05) is 53.6 Å². The molecule has 18 heteroatoms. The normalized spacial score (nSPS) is 29.3. The third-order valence-electron chi connectivity index (χ3n) is 18.7. The lowest BCUT2D eigenvalue weighted by atomic mass is 9.46. The van der Waals surface area contributed by atoms with Crippen LogP contribution in [0.5, 0.6) is 5.75 Å². The topological polar surface area (TPSA) is 233 Å². The van der Waals surface area contributed by atoms with Gasteiger partial charge in [-0.15, -0.1) is 0 Å². The number of aryl methyl sites for hydroxylation is 1. The molecule has 1 heterocycles. The number of unbranched alkanes of at least 4 members (excludes halogenated alkanes) is 5. The van der Waals surface area contributed by atoms with Crippen LogP contribution < -0.4 is 28.0 Å². The van der Waals surface area contributed by atoms with Crippen molar-refractivity contribution in [1.82, 2.24) is 5.32 Å². The molecule has 11 atom stereocenters. The number of ketones is 2. The number of allylic oxidation sites excluding steroid dienone is 4. The van der Waals surface area contributed by atoms with Gasteiger partial charge in [-0.1, -0.05) is 94.0 Å². The van der Waals surface area contributed by atoms with E-state index in [0.717, 1.165) is 115 Å². The maximum atomic E-state index is 15.0. The summed E-state index contributed by atoms with van der Waals surface area (Å²) in [7, 11) is -0.904. The van der Waals surface area contributed by atoms with E-state index in [1.807, 2.05) is 26.2 Å². The van der Waals surface area contributed by atoms with E-state index < -0.39 is 67.5 Å². The molecular weight excluding hydrogens is 1050 g/mol. The number of phosphoric ester groups is 1. The molecule has 4 saturated carbocycles. The van der Waals surface area contributed by atoms with Crippen molar-refractivity contribution in [3.8, 4) is 5.75 Å². The Bertz CT molecular complexity index is 2470. The fraction of sp³-hybridized carbons (Fsp3) is 0.689. The summed E-state index contributed by atoms with van der Waals surface area (Å²) >= 11 is 0. The monoisotopic (exact) mass is 1140 g/mol. The molecule has 4 unspecified atom stereocenters. The molecule has 0 spiro atoms. The summed E-state index contributed by atoms with van der Waals surface area (Å²) in [6.07, 6.45) is 19.1. The molecule has 0 radical (unpaired) electrons. The smallest absolute Gasteiger partial charge is 0.524 e. The third-order valence-corrected chi connectivity index (χ3v) is 19.2. The van der Waals surface area contributed by atoms with E-state index >= 15 is 0 Å². The van der Waals surface area contributed by atoms with Crippen LogP contribution in [0.25, 0.3) is 0 Å². The molecule has 5 aliphatic carbocycles. The average molecular weight is 1140 g/mol. The van der Waals surface area contributed by atoms with E-state index in [1.165, 1.54) is 11.6 Å². The number of carbonyl (C=O) groups is 3. The highest BCUT2D eigenvalue weighted by atomic mass is 35.5. The Morgan fingerprint density at radius 3 is 2.43 bits per heavy atom. The van der Waals surface area contributed by atoms with Crippen LogP contribution in [0.1, 0.15) is 152 Å². The number of quaternary nitrogens is 1. The van der Waals surface area contributed by atoms with Crippen LogP contribution >= 0.6 is 7.82 Å². The number of aliphatic hydroxyl groups is 2. The molecule has 16 nitrogen and oxygen atoms in total. The predicted octanol–water partition coefficient (Wildman–Crippen LogP) is 5.52. The number of nitrogens with one attached hydrogen (secondary N) is 1. The summed E-state index contributed by atoms with van der Waals surface area (Å²) in [4.78, 5) is 60.5. The summed E-state index contributed by atoms with van der Waals surface area (Å²) in [5.74, 6) is -0.949. The summed E-state index contributed by atoms with van der Waals surface area (Å²) in [5, 5.41) is 26.7. The van der Waals surface area contributed by atoms with E-state index in [4.69, 9.17) is 29.2 Å². The number of hydrogen-bond donors (Lipinski definition) is 6. The van der Waals surface area contributed by atoms with Crippen LogP contribution in [-0.4, -0.2) is 126 Å². The summed E-state index contributed by atoms with van der Waals surface area (Å²) in [6, 6.07) is 14.4. The van der Waals surface area contributed by atoms with Crippen molar-refractivity contribution in [1.29, 1.82) is 0 Å². The first kappa shape index (κ1) is 63.2. The molecular formula is C61H91ClN3O13P. The zero-order valence-corrected chi connectivity index (χ0v) is 48.9. The number of ether oxygens (including phenoxy) is 4. The van der Waals surface area contributed by atoms with Gasteiger partial charge in [-0.3, -0.25) is 24.2 Å². The Kier molecular flexibility index (Phi) is 22.3. The van der Waals surface area contributed by atoms with Gasteiger partial charge in [0.25, 0.3) is 0 Å². The molecule has 1 aliphatic heterocycles. The predicted molar refractivity (Wildman–Crippen MR) is 297 cm³/mol. The first-order valence-electron chi connectivity index (χ1n) is 29.3. The molecule has 0 bridgehead atoms. The molecule has 0 amide bonds. The first-order chi connectivity index (χ1) is 37.2. The fourth-order valence-electron chi connectivity index (χ4n) is 14.7. The number of benzene rings is 2. The number of fused-ring (bicyclic) bond motifs is 7. The molecule has 5 fully saturated rings. The molecule has 8 rings (SSSR count). The van der Waals surface area contributed by atoms with Crippen LogP contribution in [0.4, 0.5) is 0 Å². The Hall–Kier alpha value is -3.35. The minimum absolute atomic E-state index is 0. The van der Waals surface area contributed by atoms with Gasteiger partial charge >= 0.3 is 13.8 Å². The lowest BCUT2D eigenvalue weighted by molar-refractivity contribution is -0.903. The van der Waals surface area contributed by atoms with Gasteiger partial charge in [-0.2, -0.15) is 0 Å². The highest BCUT2D eigenvalue weighted by molar-refractivity contribution is 7.46. The van der Waals surface area contributed by atoms with Gasteiger partial charge in [0, 0.05) is 48.0 Å². The van der Waals surface area contributed by atoms with Gasteiger partial charge in [0.15, 0.2) is 24.3 Å². The maximum absolute atomic E-state index is 15.0. The minimum Gasteiger partial charge on any atom is -1.00 e. The zero-order valence-electron chi connectivity index (χ0n) is 47.2. The van der Waals surface area contributed by atoms with Crippen molar-refractivity contribution >= 4 is 25.4 Å². The van der Waals surface area contributed by atoms with Crippen LogP contribution in [-0.2, 0) is 50.9 Å². The van der Waals surface area contributed by atoms with Crippen molar-refractivity contribution in [2.24, 2.45) is 40.2 Å². The second-order valence-electron chi connectivity index (χ2n) is 24.8. The molecule has 0 aromatic heterocycles. The number of halogens is 1. The van der Waals surface area contributed by atoms with Gasteiger partial charge in [0.1, 0.15) is 18.3 Å².